The molecule has 5 nitrogen and oxygen atoms in total. The van der Waals surface area contributed by atoms with Crippen LogP contribution in [-0.2, 0) is 4.79 Å². The summed E-state index contributed by atoms with van der Waals surface area (Å²) in [5.74, 6) is -1.79. The number of hydrogen-bond acceptors (Lipinski definition) is 3. The number of nitrogens with zero attached hydrogens (tertiary/aromatic N) is 3. The smallest absolute Gasteiger partial charge is 0.333 e. The summed E-state index contributed by atoms with van der Waals surface area (Å²) < 4.78 is 39.2. The molecule has 1 unspecified atom stereocenters. The predicted molar refractivity (Wildman–Crippen MR) is 93.0 cm³/mol. The molecule has 2 heterocycles. The molecule has 27 heavy (non-hydrogen) atoms. The van der Waals surface area contributed by atoms with Crippen molar-refractivity contribution < 1.29 is 22.8 Å². The highest BCUT2D eigenvalue weighted by Gasteiger charge is 2.41. The third kappa shape index (κ3) is 4.99. The molecule has 0 radical (unpaired) electrons. The first-order valence-electron chi connectivity index (χ1n) is 9.35. The van der Waals surface area contributed by atoms with Crippen LogP contribution in [0.5, 0.6) is 0 Å². The first-order chi connectivity index (χ1) is 12.7. The molecule has 3 rings (SSSR count). The van der Waals surface area contributed by atoms with Crippen molar-refractivity contribution in [2.75, 3.05) is 13.1 Å². The second-order valence-electron chi connectivity index (χ2n) is 7.48. The summed E-state index contributed by atoms with van der Waals surface area (Å²) in [5.41, 5.74) is 1.48. The number of amides is 1. The Hall–Kier alpha value is -2.12. The second kappa shape index (κ2) is 7.86. The van der Waals surface area contributed by atoms with Gasteiger partial charge in [0.1, 0.15) is 12.0 Å². The Balaban J connectivity index is 1.83. The molecular weight excluding hydrogens is 359 g/mol. The minimum absolute atomic E-state index is 0.159. The molecule has 0 N–H and O–H groups in total. The standard InChI is InChI=1S/C19H24F3N3O2/c1-13-7-8-25(16(9-13)23-15-5-3-2-4-6-15)18(27)14-10-17(26)24(11-14)12-19(20,21)22/h7-9,14-15H,2-6,10-12H2,1H3. The number of alkyl halides is 3. The monoisotopic (exact) mass is 383 g/mol. The fourth-order valence-electron chi connectivity index (χ4n) is 3.78. The summed E-state index contributed by atoms with van der Waals surface area (Å²) in [5, 5.41) is 0. The molecule has 1 saturated heterocycles. The Kier molecular flexibility index (Phi) is 5.72. The van der Waals surface area contributed by atoms with E-state index in [2.05, 4.69) is 0 Å². The van der Waals surface area contributed by atoms with E-state index in [-0.39, 0.29) is 24.9 Å². The normalized spacial score (nSPS) is 22.5. The van der Waals surface area contributed by atoms with Crippen molar-refractivity contribution >= 4 is 11.8 Å². The van der Waals surface area contributed by atoms with Gasteiger partial charge in [-0.05, 0) is 37.5 Å². The van der Waals surface area contributed by atoms with Crippen LogP contribution in [-0.4, -0.2) is 46.6 Å². The first-order valence-corrected chi connectivity index (χ1v) is 9.35. The molecule has 1 aromatic rings. The van der Waals surface area contributed by atoms with Crippen LogP contribution >= 0.6 is 0 Å². The average Bonchev–Trinajstić information content (AvgIpc) is 2.94. The van der Waals surface area contributed by atoms with E-state index in [0.29, 0.717) is 5.49 Å². The lowest BCUT2D eigenvalue weighted by atomic mass is 9.96. The van der Waals surface area contributed by atoms with Crippen LogP contribution in [0.2, 0.25) is 0 Å². The third-order valence-electron chi connectivity index (χ3n) is 5.15. The van der Waals surface area contributed by atoms with E-state index >= 15 is 0 Å². The maximum absolute atomic E-state index is 12.9. The predicted octanol–water partition coefficient (Wildman–Crippen LogP) is 3.08. The van der Waals surface area contributed by atoms with Crippen molar-refractivity contribution in [3.8, 4) is 0 Å². The van der Waals surface area contributed by atoms with Gasteiger partial charge in [-0.25, -0.2) is 0 Å². The van der Waals surface area contributed by atoms with Gasteiger partial charge in [-0.15, -0.1) is 0 Å². The molecule has 0 aromatic carbocycles. The molecule has 0 bridgehead atoms. The Labute approximate surface area is 155 Å². The van der Waals surface area contributed by atoms with Crippen molar-refractivity contribution in [1.29, 1.82) is 0 Å². The van der Waals surface area contributed by atoms with Gasteiger partial charge in [-0.2, -0.15) is 13.2 Å². The summed E-state index contributed by atoms with van der Waals surface area (Å²) >= 11 is 0. The summed E-state index contributed by atoms with van der Waals surface area (Å²) in [6.07, 6.45) is 2.31. The topological polar surface area (TPSA) is 54.7 Å². The molecule has 1 aliphatic heterocycles. The molecule has 148 valence electrons. The number of carbonyl (C=O) groups is 2. The van der Waals surface area contributed by atoms with Gasteiger partial charge in [0.15, 0.2) is 0 Å². The zero-order valence-corrected chi connectivity index (χ0v) is 15.3. The summed E-state index contributed by atoms with van der Waals surface area (Å²) in [7, 11) is 0. The number of carbonyl (C=O) groups excluding carboxylic acids is 2. The molecule has 1 aliphatic carbocycles. The summed E-state index contributed by atoms with van der Waals surface area (Å²) in [4.78, 5) is 30.3. The number of aromatic nitrogens is 1. The molecular formula is C19H24F3N3O2. The maximum Gasteiger partial charge on any atom is 0.406 e. The van der Waals surface area contributed by atoms with E-state index < -0.39 is 24.5 Å². The summed E-state index contributed by atoms with van der Waals surface area (Å²) in [6.45, 7) is 0.382. The van der Waals surface area contributed by atoms with Crippen LogP contribution in [0.1, 0.15) is 48.9 Å². The summed E-state index contributed by atoms with van der Waals surface area (Å²) in [6, 6.07) is 3.74. The highest BCUT2D eigenvalue weighted by Crippen LogP contribution is 2.25. The zero-order valence-electron chi connectivity index (χ0n) is 15.3. The van der Waals surface area contributed by atoms with E-state index in [1.54, 1.807) is 12.3 Å². The number of hydrogen-bond donors (Lipinski definition) is 0. The molecule has 0 spiro atoms. The fraction of sp³-hybridized carbons (Fsp3) is 0.632. The lowest BCUT2D eigenvalue weighted by Gasteiger charge is -2.19. The quantitative estimate of drug-likeness (QED) is 0.806. The maximum atomic E-state index is 12.9. The van der Waals surface area contributed by atoms with Crippen LogP contribution in [0, 0.1) is 12.8 Å². The average molecular weight is 383 g/mol. The third-order valence-corrected chi connectivity index (χ3v) is 5.15. The lowest BCUT2D eigenvalue weighted by Crippen LogP contribution is -2.37. The second-order valence-corrected chi connectivity index (χ2v) is 7.48. The van der Waals surface area contributed by atoms with Gasteiger partial charge < -0.3 is 4.90 Å². The number of likely N-dealkylation sites (tertiary alicyclic amines) is 1. The highest BCUT2D eigenvalue weighted by atomic mass is 19.4. The van der Waals surface area contributed by atoms with Gasteiger partial charge in [-0.3, -0.25) is 19.1 Å². The van der Waals surface area contributed by atoms with E-state index in [9.17, 15) is 22.8 Å². The Morgan fingerprint density at radius 2 is 1.96 bits per heavy atom. The molecule has 8 heteroatoms. The van der Waals surface area contributed by atoms with Crippen LogP contribution in [0.3, 0.4) is 0 Å². The molecule has 1 aromatic heterocycles. The zero-order chi connectivity index (χ0) is 19.6. The molecule has 2 aliphatic rings. The van der Waals surface area contributed by atoms with Gasteiger partial charge in [-0.1, -0.05) is 19.3 Å². The number of rotatable bonds is 3. The van der Waals surface area contributed by atoms with E-state index in [1.165, 1.54) is 11.0 Å². The van der Waals surface area contributed by atoms with Crippen LogP contribution < -0.4 is 5.49 Å². The van der Waals surface area contributed by atoms with Crippen molar-refractivity contribution in [3.05, 3.63) is 29.4 Å². The highest BCUT2D eigenvalue weighted by molar-refractivity contribution is 5.90. The van der Waals surface area contributed by atoms with Gasteiger partial charge in [0.25, 0.3) is 0 Å². The van der Waals surface area contributed by atoms with E-state index in [4.69, 9.17) is 4.99 Å². The van der Waals surface area contributed by atoms with Crippen molar-refractivity contribution in [1.82, 2.24) is 9.47 Å². The van der Waals surface area contributed by atoms with Crippen molar-refractivity contribution in [3.63, 3.8) is 0 Å². The molecule has 1 saturated carbocycles. The Morgan fingerprint density at radius 1 is 1.26 bits per heavy atom. The Bertz CT molecular complexity index is 779. The first kappa shape index (κ1) is 19.6. The number of pyridine rings is 1. The van der Waals surface area contributed by atoms with E-state index in [0.717, 1.165) is 36.1 Å². The SMILES string of the molecule is Cc1ccn(C(=O)C2CC(=O)N(CC(F)(F)F)C2)c(=NC2CCCCC2)c1. The van der Waals surface area contributed by atoms with Gasteiger partial charge in [0.05, 0.1) is 12.0 Å². The van der Waals surface area contributed by atoms with Gasteiger partial charge in [0.2, 0.25) is 11.8 Å². The number of aryl methyl sites for hydroxylation is 1. The molecule has 1 amide bonds. The minimum Gasteiger partial charge on any atom is -0.333 e. The van der Waals surface area contributed by atoms with Crippen LogP contribution in [0.15, 0.2) is 23.3 Å². The lowest BCUT2D eigenvalue weighted by molar-refractivity contribution is -0.157. The van der Waals surface area contributed by atoms with Crippen molar-refractivity contribution in [2.45, 2.75) is 57.7 Å². The largest absolute Gasteiger partial charge is 0.406 e. The molecule has 1 atom stereocenters. The molecule has 2 fully saturated rings. The minimum atomic E-state index is -4.47. The van der Waals surface area contributed by atoms with Gasteiger partial charge >= 0.3 is 6.18 Å². The van der Waals surface area contributed by atoms with E-state index in [1.807, 2.05) is 13.0 Å². The van der Waals surface area contributed by atoms with Crippen LogP contribution in [0.25, 0.3) is 0 Å². The fourth-order valence-corrected chi connectivity index (χ4v) is 3.78. The Morgan fingerprint density at radius 3 is 2.63 bits per heavy atom. The van der Waals surface area contributed by atoms with Crippen LogP contribution in [0.4, 0.5) is 13.2 Å². The number of halogens is 3. The van der Waals surface area contributed by atoms with Crippen molar-refractivity contribution in [2.24, 2.45) is 10.9 Å². The van der Waals surface area contributed by atoms with Gasteiger partial charge in [0, 0.05) is 19.2 Å².